The van der Waals surface area contributed by atoms with E-state index in [1.165, 1.54) is 24.3 Å². The average molecular weight is 526 g/mol. The fraction of sp³-hybridized carbons (Fsp3) is 0.0968. The van der Waals surface area contributed by atoms with E-state index < -0.39 is 41.1 Å². The quantitative estimate of drug-likeness (QED) is 0.158. The van der Waals surface area contributed by atoms with E-state index in [2.05, 4.69) is 6.58 Å². The second-order valence-corrected chi connectivity index (χ2v) is 8.61. The molecule has 0 nitrogen and oxygen atoms in total. The van der Waals surface area contributed by atoms with Crippen LogP contribution in [-0.4, -0.2) is 0 Å². The number of halogens is 7. The molecule has 4 aromatic carbocycles. The van der Waals surface area contributed by atoms with Crippen LogP contribution in [0.3, 0.4) is 0 Å². The summed E-state index contributed by atoms with van der Waals surface area (Å²) >= 11 is 0. The molecule has 0 aliphatic heterocycles. The maximum absolute atomic E-state index is 14.8. The van der Waals surface area contributed by atoms with Gasteiger partial charge in [0.25, 0.3) is 6.43 Å². The maximum atomic E-state index is 14.8. The lowest BCUT2D eigenvalue weighted by atomic mass is 9.97. The van der Waals surface area contributed by atoms with Crippen molar-refractivity contribution < 1.29 is 30.7 Å². The van der Waals surface area contributed by atoms with Crippen molar-refractivity contribution in [2.24, 2.45) is 0 Å². The van der Waals surface area contributed by atoms with Crippen molar-refractivity contribution in [1.82, 2.24) is 0 Å². The summed E-state index contributed by atoms with van der Waals surface area (Å²) in [7, 11) is 0. The van der Waals surface area contributed by atoms with Gasteiger partial charge in [0, 0.05) is 11.1 Å². The first-order valence-electron chi connectivity index (χ1n) is 11.6. The van der Waals surface area contributed by atoms with Gasteiger partial charge in [-0.05, 0) is 64.9 Å². The van der Waals surface area contributed by atoms with Gasteiger partial charge in [0.15, 0.2) is 11.7 Å². The van der Waals surface area contributed by atoms with E-state index in [4.69, 9.17) is 0 Å². The smallest absolute Gasteiger partial charge is 0.206 e. The second-order valence-electron chi connectivity index (χ2n) is 8.61. The van der Waals surface area contributed by atoms with E-state index >= 15 is 0 Å². The third-order valence-electron chi connectivity index (χ3n) is 6.16. The van der Waals surface area contributed by atoms with Gasteiger partial charge in [-0.3, -0.25) is 0 Å². The largest absolute Gasteiger partial charge is 0.269 e. The first kappa shape index (κ1) is 26.9. The third kappa shape index (κ3) is 5.88. The van der Waals surface area contributed by atoms with Crippen LogP contribution in [0.4, 0.5) is 30.7 Å². The van der Waals surface area contributed by atoms with Gasteiger partial charge in [-0.15, -0.1) is 0 Å². The highest BCUT2D eigenvalue weighted by atomic mass is 19.3. The van der Waals surface area contributed by atoms with Crippen molar-refractivity contribution in [3.05, 3.63) is 137 Å². The highest BCUT2D eigenvalue weighted by molar-refractivity contribution is 5.71. The molecule has 0 unspecified atom stereocenters. The van der Waals surface area contributed by atoms with Crippen LogP contribution in [0.5, 0.6) is 0 Å². The lowest BCUT2D eigenvalue weighted by Gasteiger charge is -2.10. The predicted molar refractivity (Wildman–Crippen MR) is 135 cm³/mol. The Morgan fingerprint density at radius 1 is 0.658 bits per heavy atom. The van der Waals surface area contributed by atoms with Gasteiger partial charge in [-0.25, -0.2) is 30.7 Å². The minimum absolute atomic E-state index is 0.113. The third-order valence-corrected chi connectivity index (χ3v) is 6.16. The summed E-state index contributed by atoms with van der Waals surface area (Å²) in [6, 6.07) is 19.4. The number of benzene rings is 4. The summed E-state index contributed by atoms with van der Waals surface area (Å²) in [6.45, 7) is 3.21. The molecule has 0 bridgehead atoms. The van der Waals surface area contributed by atoms with Gasteiger partial charge in [0.1, 0.15) is 17.5 Å². The van der Waals surface area contributed by atoms with Crippen LogP contribution in [0, 0.1) is 17.5 Å². The molecule has 0 N–H and O–H groups in total. The zero-order valence-corrected chi connectivity index (χ0v) is 19.9. The van der Waals surface area contributed by atoms with E-state index in [1.807, 2.05) is 24.3 Å². The fourth-order valence-electron chi connectivity index (χ4n) is 4.07. The summed E-state index contributed by atoms with van der Waals surface area (Å²) in [6.07, 6.45) is -1.16. The Labute approximate surface area is 215 Å². The Balaban J connectivity index is 1.45. The van der Waals surface area contributed by atoms with Gasteiger partial charge in [0.05, 0.1) is 5.56 Å². The molecule has 0 aliphatic rings. The number of rotatable bonds is 8. The van der Waals surface area contributed by atoms with Crippen molar-refractivity contribution >= 4 is 5.83 Å². The van der Waals surface area contributed by atoms with Gasteiger partial charge in [-0.1, -0.05) is 67.2 Å². The molecular formula is C31H21F7. The number of hydrogen-bond acceptors (Lipinski definition) is 0. The summed E-state index contributed by atoms with van der Waals surface area (Å²) < 4.78 is 95.5. The highest BCUT2D eigenvalue weighted by Crippen LogP contribution is 2.33. The van der Waals surface area contributed by atoms with Crippen molar-refractivity contribution in [3.63, 3.8) is 0 Å². The second kappa shape index (κ2) is 11.5. The SMILES string of the molecule is C=CC(F)=C(F)c1ccc(CCc2ccc(-c3ccc(-c4cc(F)c(C(F)F)c(F)c4)c(F)c3)cc2)cc1. The molecule has 0 aliphatic carbocycles. The lowest BCUT2D eigenvalue weighted by molar-refractivity contribution is 0.141. The summed E-state index contributed by atoms with van der Waals surface area (Å²) in [5.41, 5.74) is 1.68. The lowest BCUT2D eigenvalue weighted by Crippen LogP contribution is -1.98. The van der Waals surface area contributed by atoms with Gasteiger partial charge in [0.2, 0.25) is 0 Å². The normalized spacial score (nSPS) is 12.0. The summed E-state index contributed by atoms with van der Waals surface area (Å²) in [5.74, 6) is -5.60. The molecule has 4 rings (SSSR count). The number of allylic oxidation sites excluding steroid dienone is 2. The number of aryl methyl sites for hydroxylation is 2. The van der Waals surface area contributed by atoms with Crippen molar-refractivity contribution in [2.45, 2.75) is 19.3 Å². The van der Waals surface area contributed by atoms with Crippen LogP contribution in [-0.2, 0) is 12.8 Å². The topological polar surface area (TPSA) is 0 Å². The van der Waals surface area contributed by atoms with Crippen LogP contribution < -0.4 is 0 Å². The molecule has 0 aromatic heterocycles. The Bertz CT molecular complexity index is 1460. The van der Waals surface area contributed by atoms with E-state index in [9.17, 15) is 30.7 Å². The van der Waals surface area contributed by atoms with Crippen molar-refractivity contribution in [1.29, 1.82) is 0 Å². The molecule has 38 heavy (non-hydrogen) atoms. The molecule has 0 radical (unpaired) electrons. The number of hydrogen-bond donors (Lipinski definition) is 0. The highest BCUT2D eigenvalue weighted by Gasteiger charge is 2.21. The van der Waals surface area contributed by atoms with Crippen LogP contribution in [0.15, 0.2) is 97.3 Å². The number of alkyl halides is 2. The molecule has 0 saturated carbocycles. The average Bonchev–Trinajstić information content (AvgIpc) is 2.91. The Morgan fingerprint density at radius 2 is 1.16 bits per heavy atom. The maximum Gasteiger partial charge on any atom is 0.269 e. The van der Waals surface area contributed by atoms with E-state index in [0.717, 1.165) is 17.2 Å². The van der Waals surface area contributed by atoms with E-state index in [-0.39, 0.29) is 16.7 Å². The molecule has 194 valence electrons. The van der Waals surface area contributed by atoms with E-state index in [1.54, 1.807) is 18.2 Å². The van der Waals surface area contributed by atoms with Crippen molar-refractivity contribution in [2.75, 3.05) is 0 Å². The summed E-state index contributed by atoms with van der Waals surface area (Å²) in [4.78, 5) is 0. The molecule has 4 aromatic rings. The van der Waals surface area contributed by atoms with Crippen LogP contribution >= 0.6 is 0 Å². The molecule has 7 heteroatoms. The van der Waals surface area contributed by atoms with E-state index in [0.29, 0.717) is 36.1 Å². The van der Waals surface area contributed by atoms with Gasteiger partial charge in [-0.2, -0.15) is 0 Å². The molecule has 0 atom stereocenters. The Kier molecular flexibility index (Phi) is 8.15. The minimum atomic E-state index is -3.32. The molecule has 0 amide bonds. The summed E-state index contributed by atoms with van der Waals surface area (Å²) in [5, 5.41) is 0. The van der Waals surface area contributed by atoms with Gasteiger partial charge < -0.3 is 0 Å². The monoisotopic (exact) mass is 526 g/mol. The first-order chi connectivity index (χ1) is 18.2. The van der Waals surface area contributed by atoms with Crippen LogP contribution in [0.25, 0.3) is 28.1 Å². The van der Waals surface area contributed by atoms with Crippen molar-refractivity contribution in [3.8, 4) is 22.3 Å². The van der Waals surface area contributed by atoms with Crippen LogP contribution in [0.2, 0.25) is 0 Å². The standard InChI is InChI=1S/C31H21F7/c1-2-25(32)30(36)21-11-7-19(8-12-21)4-3-18-5-9-20(10-6-18)22-13-14-24(26(33)15-22)23-16-27(34)29(31(37)38)28(35)17-23/h2,5-17,31H,1,3-4H2. The molecule has 0 fully saturated rings. The van der Waals surface area contributed by atoms with Crippen LogP contribution in [0.1, 0.15) is 28.7 Å². The first-order valence-corrected chi connectivity index (χ1v) is 11.6. The molecule has 0 heterocycles. The Hall–Kier alpha value is -4.13. The fourth-order valence-corrected chi connectivity index (χ4v) is 4.07. The molecule has 0 saturated heterocycles. The minimum Gasteiger partial charge on any atom is -0.206 e. The Morgan fingerprint density at radius 3 is 1.66 bits per heavy atom. The molecule has 0 spiro atoms. The predicted octanol–water partition coefficient (Wildman–Crippen LogP) is 9.95. The van der Waals surface area contributed by atoms with Gasteiger partial charge >= 0.3 is 0 Å². The zero-order valence-electron chi connectivity index (χ0n) is 19.9. The zero-order chi connectivity index (χ0) is 27.4. The molecular weight excluding hydrogens is 505 g/mol.